The van der Waals surface area contributed by atoms with Gasteiger partial charge in [0.15, 0.2) is 0 Å². The van der Waals surface area contributed by atoms with Crippen LogP contribution >= 0.6 is 0 Å². The molecule has 2 rings (SSSR count). The Morgan fingerprint density at radius 3 is 2.24 bits per heavy atom. The maximum absolute atomic E-state index is 12.5. The average Bonchev–Trinajstić information content (AvgIpc) is 2.48. The molecule has 0 amide bonds. The molecule has 0 aliphatic carbocycles. The van der Waals surface area contributed by atoms with Crippen LogP contribution in [-0.4, -0.2) is 50.8 Å². The van der Waals surface area contributed by atoms with E-state index in [4.69, 9.17) is 5.73 Å². The van der Waals surface area contributed by atoms with E-state index in [1.807, 2.05) is 24.3 Å². The van der Waals surface area contributed by atoms with Crippen LogP contribution in [0.4, 0.5) is 0 Å². The van der Waals surface area contributed by atoms with Gasteiger partial charge >= 0.3 is 0 Å². The molecule has 0 atom stereocenters. The van der Waals surface area contributed by atoms with Crippen molar-refractivity contribution in [2.24, 2.45) is 5.73 Å². The van der Waals surface area contributed by atoms with E-state index in [9.17, 15) is 8.42 Å². The molecule has 1 fully saturated rings. The van der Waals surface area contributed by atoms with Crippen molar-refractivity contribution in [3.63, 3.8) is 0 Å². The van der Waals surface area contributed by atoms with Gasteiger partial charge in [-0.2, -0.15) is 0 Å². The van der Waals surface area contributed by atoms with E-state index in [2.05, 4.69) is 11.9 Å². The Bertz CT molecular complexity index is 549. The number of sulfonamides is 1. The standard InChI is InChI=1S/C15H25N3O2S/c1-17-9-7-15(8-10-17)18(2)21(19,20)12-14-5-3-13(11-16)4-6-14/h3-6,15H,7-12,16H2,1-2H3. The first kappa shape index (κ1) is 16.4. The summed E-state index contributed by atoms with van der Waals surface area (Å²) < 4.78 is 26.6. The first-order chi connectivity index (χ1) is 9.92. The number of likely N-dealkylation sites (tertiary alicyclic amines) is 1. The lowest BCUT2D eigenvalue weighted by molar-refractivity contribution is 0.197. The van der Waals surface area contributed by atoms with Crippen molar-refractivity contribution in [3.8, 4) is 0 Å². The monoisotopic (exact) mass is 311 g/mol. The fourth-order valence-electron chi connectivity index (χ4n) is 2.67. The lowest BCUT2D eigenvalue weighted by Gasteiger charge is -2.34. The van der Waals surface area contributed by atoms with E-state index < -0.39 is 10.0 Å². The Kier molecular flexibility index (Phi) is 5.37. The van der Waals surface area contributed by atoms with Gasteiger partial charge in [0.25, 0.3) is 0 Å². The van der Waals surface area contributed by atoms with Crippen molar-refractivity contribution in [1.82, 2.24) is 9.21 Å². The van der Waals surface area contributed by atoms with Gasteiger partial charge in [-0.15, -0.1) is 0 Å². The summed E-state index contributed by atoms with van der Waals surface area (Å²) in [6, 6.07) is 7.60. The molecule has 5 nitrogen and oxygen atoms in total. The zero-order chi connectivity index (χ0) is 15.5. The highest BCUT2D eigenvalue weighted by Crippen LogP contribution is 2.19. The highest BCUT2D eigenvalue weighted by Gasteiger charge is 2.28. The van der Waals surface area contributed by atoms with Gasteiger partial charge in [0.1, 0.15) is 0 Å². The minimum atomic E-state index is -3.27. The molecule has 0 spiro atoms. The summed E-state index contributed by atoms with van der Waals surface area (Å²) in [4.78, 5) is 2.24. The second-order valence-electron chi connectivity index (χ2n) is 5.83. The number of rotatable bonds is 5. The molecule has 1 aliphatic rings. The van der Waals surface area contributed by atoms with Gasteiger partial charge in [-0.1, -0.05) is 24.3 Å². The fourth-order valence-corrected chi connectivity index (χ4v) is 4.15. The quantitative estimate of drug-likeness (QED) is 0.881. The Morgan fingerprint density at radius 1 is 1.19 bits per heavy atom. The number of benzene rings is 1. The molecule has 0 bridgehead atoms. The van der Waals surface area contributed by atoms with Crippen molar-refractivity contribution >= 4 is 10.0 Å². The number of nitrogens with two attached hydrogens (primary N) is 1. The molecule has 0 aromatic heterocycles. The van der Waals surface area contributed by atoms with Crippen LogP contribution in [0.2, 0.25) is 0 Å². The van der Waals surface area contributed by atoms with Crippen LogP contribution in [0.25, 0.3) is 0 Å². The third kappa shape index (κ3) is 4.26. The van der Waals surface area contributed by atoms with E-state index in [0.29, 0.717) is 6.54 Å². The first-order valence-corrected chi connectivity index (χ1v) is 8.95. The van der Waals surface area contributed by atoms with Gasteiger partial charge in [-0.25, -0.2) is 12.7 Å². The Balaban J connectivity index is 2.02. The van der Waals surface area contributed by atoms with E-state index in [1.165, 1.54) is 0 Å². The molecule has 21 heavy (non-hydrogen) atoms. The average molecular weight is 311 g/mol. The molecule has 1 aromatic carbocycles. The lowest BCUT2D eigenvalue weighted by atomic mass is 10.1. The molecule has 118 valence electrons. The topological polar surface area (TPSA) is 66.6 Å². The molecule has 2 N–H and O–H groups in total. The van der Waals surface area contributed by atoms with Crippen molar-refractivity contribution in [3.05, 3.63) is 35.4 Å². The molecule has 1 aliphatic heterocycles. The number of nitrogens with zero attached hydrogens (tertiary/aromatic N) is 2. The number of piperidine rings is 1. The zero-order valence-electron chi connectivity index (χ0n) is 12.8. The van der Waals surface area contributed by atoms with Gasteiger partial charge in [0, 0.05) is 19.6 Å². The smallest absolute Gasteiger partial charge is 0.218 e. The number of hydrogen-bond acceptors (Lipinski definition) is 4. The normalized spacial score (nSPS) is 18.3. The molecule has 1 heterocycles. The molecule has 0 unspecified atom stereocenters. The van der Waals surface area contributed by atoms with E-state index in [0.717, 1.165) is 37.1 Å². The van der Waals surface area contributed by atoms with Gasteiger partial charge in [0.05, 0.1) is 5.75 Å². The van der Waals surface area contributed by atoms with Crippen LogP contribution in [0.15, 0.2) is 24.3 Å². The van der Waals surface area contributed by atoms with Crippen LogP contribution in [0.1, 0.15) is 24.0 Å². The van der Waals surface area contributed by atoms with E-state index in [-0.39, 0.29) is 11.8 Å². The van der Waals surface area contributed by atoms with Crippen LogP contribution in [-0.2, 0) is 22.3 Å². The summed E-state index contributed by atoms with van der Waals surface area (Å²) >= 11 is 0. The van der Waals surface area contributed by atoms with Gasteiger partial charge in [-0.3, -0.25) is 0 Å². The van der Waals surface area contributed by atoms with E-state index >= 15 is 0 Å². The summed E-state index contributed by atoms with van der Waals surface area (Å²) in [7, 11) is 0.515. The molecule has 6 heteroatoms. The Labute approximate surface area is 127 Å². The molecule has 0 radical (unpaired) electrons. The summed E-state index contributed by atoms with van der Waals surface area (Å²) in [5, 5.41) is 0. The Hall–Kier alpha value is -0.950. The summed E-state index contributed by atoms with van der Waals surface area (Å²) in [5.74, 6) is 0.0562. The zero-order valence-corrected chi connectivity index (χ0v) is 13.6. The van der Waals surface area contributed by atoms with Crippen LogP contribution in [0, 0.1) is 0 Å². The van der Waals surface area contributed by atoms with Crippen molar-refractivity contribution < 1.29 is 8.42 Å². The van der Waals surface area contributed by atoms with Crippen LogP contribution in [0.3, 0.4) is 0 Å². The second kappa shape index (κ2) is 6.87. The summed E-state index contributed by atoms with van der Waals surface area (Å²) in [6.07, 6.45) is 1.80. The predicted molar refractivity (Wildman–Crippen MR) is 85.2 cm³/mol. The van der Waals surface area contributed by atoms with Crippen molar-refractivity contribution in [1.29, 1.82) is 0 Å². The van der Waals surface area contributed by atoms with Gasteiger partial charge < -0.3 is 10.6 Å². The van der Waals surface area contributed by atoms with Crippen LogP contribution < -0.4 is 5.73 Å². The van der Waals surface area contributed by atoms with Crippen molar-refractivity contribution in [2.45, 2.75) is 31.2 Å². The number of hydrogen-bond donors (Lipinski definition) is 1. The first-order valence-electron chi connectivity index (χ1n) is 7.34. The molecular weight excluding hydrogens is 286 g/mol. The highest BCUT2D eigenvalue weighted by atomic mass is 32.2. The summed E-state index contributed by atoms with van der Waals surface area (Å²) in [6.45, 7) is 2.38. The van der Waals surface area contributed by atoms with Crippen molar-refractivity contribution in [2.75, 3.05) is 27.2 Å². The molecular formula is C15H25N3O2S. The largest absolute Gasteiger partial charge is 0.326 e. The second-order valence-corrected chi connectivity index (χ2v) is 7.86. The minimum Gasteiger partial charge on any atom is -0.326 e. The molecule has 1 saturated heterocycles. The van der Waals surface area contributed by atoms with Gasteiger partial charge in [0.2, 0.25) is 10.0 Å². The Morgan fingerprint density at radius 2 is 1.71 bits per heavy atom. The third-order valence-corrected chi connectivity index (χ3v) is 6.12. The third-order valence-electron chi connectivity index (χ3n) is 4.25. The van der Waals surface area contributed by atoms with E-state index in [1.54, 1.807) is 11.4 Å². The fraction of sp³-hybridized carbons (Fsp3) is 0.600. The van der Waals surface area contributed by atoms with Crippen LogP contribution in [0.5, 0.6) is 0 Å². The summed E-state index contributed by atoms with van der Waals surface area (Å²) in [5.41, 5.74) is 7.38. The molecule has 0 saturated carbocycles. The van der Waals surface area contributed by atoms with Gasteiger partial charge in [-0.05, 0) is 44.1 Å². The predicted octanol–water partition coefficient (Wildman–Crippen LogP) is 1.00. The SMILES string of the molecule is CN1CCC(N(C)S(=O)(=O)Cc2ccc(CN)cc2)CC1. The highest BCUT2D eigenvalue weighted by molar-refractivity contribution is 7.88. The minimum absolute atomic E-state index is 0.0562. The lowest BCUT2D eigenvalue weighted by Crippen LogP contribution is -2.44. The maximum atomic E-state index is 12.5. The molecule has 1 aromatic rings. The maximum Gasteiger partial charge on any atom is 0.218 e.